The molecule has 0 bridgehead atoms. The number of likely N-dealkylation sites (tertiary alicyclic amines) is 1. The van der Waals surface area contributed by atoms with E-state index in [0.29, 0.717) is 43.8 Å². The van der Waals surface area contributed by atoms with Gasteiger partial charge in [0.2, 0.25) is 11.8 Å². The Bertz CT molecular complexity index is 911. The fraction of sp³-hybridized carbons (Fsp3) is 0.375. The SMILES string of the molecule is COc1ccccc1CC(=O)N1CCC(NC(=O)CCNC(=O)Nc2ccccc2)CC1. The quantitative estimate of drug-likeness (QED) is 0.590. The largest absolute Gasteiger partial charge is 0.496 e. The Labute approximate surface area is 188 Å². The van der Waals surface area contributed by atoms with Crippen molar-refractivity contribution in [3.05, 3.63) is 60.2 Å². The lowest BCUT2D eigenvalue weighted by atomic mass is 10.0. The third kappa shape index (κ3) is 7.01. The van der Waals surface area contributed by atoms with Crippen LogP contribution in [0.1, 0.15) is 24.8 Å². The summed E-state index contributed by atoms with van der Waals surface area (Å²) in [6.07, 6.45) is 1.93. The van der Waals surface area contributed by atoms with E-state index in [4.69, 9.17) is 4.74 Å². The molecule has 2 aromatic carbocycles. The Morgan fingerprint density at radius 3 is 2.41 bits per heavy atom. The Hall–Kier alpha value is -3.55. The second kappa shape index (κ2) is 11.7. The van der Waals surface area contributed by atoms with Crippen LogP contribution in [-0.4, -0.2) is 55.5 Å². The highest BCUT2D eigenvalue weighted by Gasteiger charge is 2.24. The first-order valence-electron chi connectivity index (χ1n) is 10.8. The third-order valence-electron chi connectivity index (χ3n) is 5.42. The molecule has 32 heavy (non-hydrogen) atoms. The molecule has 8 heteroatoms. The second-order valence-corrected chi connectivity index (χ2v) is 7.71. The van der Waals surface area contributed by atoms with Gasteiger partial charge in [0.1, 0.15) is 5.75 Å². The van der Waals surface area contributed by atoms with Crippen LogP contribution in [0.3, 0.4) is 0 Å². The van der Waals surface area contributed by atoms with Crippen LogP contribution in [-0.2, 0) is 16.0 Å². The maximum Gasteiger partial charge on any atom is 0.319 e. The van der Waals surface area contributed by atoms with Gasteiger partial charge in [-0.2, -0.15) is 0 Å². The Kier molecular flexibility index (Phi) is 8.48. The van der Waals surface area contributed by atoms with E-state index in [9.17, 15) is 14.4 Å². The molecule has 1 aliphatic rings. The van der Waals surface area contributed by atoms with Crippen molar-refractivity contribution in [3.8, 4) is 5.75 Å². The average Bonchev–Trinajstić information content (AvgIpc) is 2.80. The van der Waals surface area contributed by atoms with Crippen LogP contribution < -0.4 is 20.7 Å². The predicted octanol–water partition coefficient (Wildman–Crippen LogP) is 2.56. The zero-order valence-electron chi connectivity index (χ0n) is 18.3. The van der Waals surface area contributed by atoms with E-state index < -0.39 is 0 Å². The minimum absolute atomic E-state index is 0.0379. The number of nitrogens with zero attached hydrogens (tertiary/aromatic N) is 1. The minimum Gasteiger partial charge on any atom is -0.496 e. The van der Waals surface area contributed by atoms with E-state index in [-0.39, 0.29) is 36.9 Å². The molecule has 1 saturated heterocycles. The molecule has 8 nitrogen and oxygen atoms in total. The summed E-state index contributed by atoms with van der Waals surface area (Å²) < 4.78 is 5.32. The summed E-state index contributed by atoms with van der Waals surface area (Å²) in [4.78, 5) is 38.5. The number of hydrogen-bond donors (Lipinski definition) is 3. The standard InChI is InChI=1S/C24H30N4O4/c1-32-21-10-6-5-7-18(21)17-23(30)28-15-12-20(13-16-28)26-22(29)11-14-25-24(31)27-19-8-3-2-4-9-19/h2-10,20H,11-17H2,1H3,(H,26,29)(H2,25,27,31). The number of hydrogen-bond acceptors (Lipinski definition) is 4. The van der Waals surface area contributed by atoms with Crippen molar-refractivity contribution in [3.63, 3.8) is 0 Å². The lowest BCUT2D eigenvalue weighted by molar-refractivity contribution is -0.131. The van der Waals surface area contributed by atoms with Crippen LogP contribution in [0, 0.1) is 0 Å². The molecule has 0 unspecified atom stereocenters. The number of carbonyl (C=O) groups excluding carboxylic acids is 3. The van der Waals surface area contributed by atoms with Crippen molar-refractivity contribution in [1.29, 1.82) is 0 Å². The van der Waals surface area contributed by atoms with Crippen LogP contribution in [0.5, 0.6) is 5.75 Å². The molecule has 2 aromatic rings. The summed E-state index contributed by atoms with van der Waals surface area (Å²) in [7, 11) is 1.60. The first-order chi connectivity index (χ1) is 15.5. The summed E-state index contributed by atoms with van der Waals surface area (Å²) >= 11 is 0. The van der Waals surface area contributed by atoms with E-state index in [1.165, 1.54) is 0 Å². The van der Waals surface area contributed by atoms with Crippen molar-refractivity contribution in [2.45, 2.75) is 31.7 Å². The smallest absolute Gasteiger partial charge is 0.319 e. The lowest BCUT2D eigenvalue weighted by Crippen LogP contribution is -2.47. The number of anilines is 1. The number of nitrogens with one attached hydrogen (secondary N) is 3. The third-order valence-corrected chi connectivity index (χ3v) is 5.42. The van der Waals surface area contributed by atoms with Gasteiger partial charge in [0, 0.05) is 43.3 Å². The monoisotopic (exact) mass is 438 g/mol. The van der Waals surface area contributed by atoms with Crippen molar-refractivity contribution in [1.82, 2.24) is 15.5 Å². The fourth-order valence-electron chi connectivity index (χ4n) is 3.68. The molecule has 0 aromatic heterocycles. The van der Waals surface area contributed by atoms with Crippen LogP contribution in [0.2, 0.25) is 0 Å². The Morgan fingerprint density at radius 1 is 1.00 bits per heavy atom. The number of rotatable bonds is 8. The number of carbonyl (C=O) groups is 3. The van der Waals surface area contributed by atoms with Crippen LogP contribution in [0.4, 0.5) is 10.5 Å². The number of para-hydroxylation sites is 2. The molecule has 0 atom stereocenters. The van der Waals surface area contributed by atoms with E-state index in [1.54, 1.807) is 19.2 Å². The number of piperidine rings is 1. The molecule has 0 saturated carbocycles. The van der Waals surface area contributed by atoms with E-state index in [2.05, 4.69) is 16.0 Å². The molecule has 3 rings (SSSR count). The van der Waals surface area contributed by atoms with Crippen molar-refractivity contribution >= 4 is 23.5 Å². The van der Waals surface area contributed by atoms with Gasteiger partial charge in [-0.1, -0.05) is 36.4 Å². The molecule has 1 heterocycles. The molecule has 0 spiro atoms. The van der Waals surface area contributed by atoms with Gasteiger partial charge in [-0.05, 0) is 31.0 Å². The zero-order chi connectivity index (χ0) is 22.8. The summed E-state index contributed by atoms with van der Waals surface area (Å²) in [6.45, 7) is 1.47. The van der Waals surface area contributed by atoms with Gasteiger partial charge < -0.3 is 25.6 Å². The Morgan fingerprint density at radius 2 is 1.69 bits per heavy atom. The van der Waals surface area contributed by atoms with Gasteiger partial charge in [-0.3, -0.25) is 9.59 Å². The summed E-state index contributed by atoms with van der Waals surface area (Å²) in [5, 5.41) is 8.39. The second-order valence-electron chi connectivity index (χ2n) is 7.71. The average molecular weight is 439 g/mol. The number of ether oxygens (including phenoxy) is 1. The Balaban J connectivity index is 1.33. The maximum atomic E-state index is 12.6. The zero-order valence-corrected chi connectivity index (χ0v) is 18.3. The van der Waals surface area contributed by atoms with Crippen molar-refractivity contribution < 1.29 is 19.1 Å². The van der Waals surface area contributed by atoms with E-state index >= 15 is 0 Å². The summed E-state index contributed by atoms with van der Waals surface area (Å²) in [5.74, 6) is 0.672. The van der Waals surface area contributed by atoms with Gasteiger partial charge in [0.05, 0.1) is 13.5 Å². The first kappa shape index (κ1) is 23.1. The highest BCUT2D eigenvalue weighted by atomic mass is 16.5. The van der Waals surface area contributed by atoms with E-state index in [1.807, 2.05) is 47.4 Å². The van der Waals surface area contributed by atoms with Crippen LogP contribution in [0.25, 0.3) is 0 Å². The minimum atomic E-state index is -0.342. The van der Waals surface area contributed by atoms with Gasteiger partial charge in [-0.15, -0.1) is 0 Å². The molecule has 0 radical (unpaired) electrons. The fourth-order valence-corrected chi connectivity index (χ4v) is 3.68. The first-order valence-corrected chi connectivity index (χ1v) is 10.8. The molecular weight excluding hydrogens is 408 g/mol. The van der Waals surface area contributed by atoms with Gasteiger partial charge >= 0.3 is 6.03 Å². The van der Waals surface area contributed by atoms with Gasteiger partial charge in [0.25, 0.3) is 0 Å². The highest BCUT2D eigenvalue weighted by Crippen LogP contribution is 2.20. The predicted molar refractivity (Wildman–Crippen MR) is 123 cm³/mol. The molecule has 1 fully saturated rings. The summed E-state index contributed by atoms with van der Waals surface area (Å²) in [5.41, 5.74) is 1.57. The molecule has 0 aliphatic carbocycles. The van der Waals surface area contributed by atoms with E-state index in [0.717, 1.165) is 5.56 Å². The number of amides is 4. The van der Waals surface area contributed by atoms with Gasteiger partial charge in [-0.25, -0.2) is 4.79 Å². The lowest BCUT2D eigenvalue weighted by Gasteiger charge is -2.32. The number of urea groups is 1. The molecule has 170 valence electrons. The normalized spacial score (nSPS) is 13.8. The van der Waals surface area contributed by atoms with Crippen LogP contribution in [0.15, 0.2) is 54.6 Å². The number of benzene rings is 2. The molecule has 4 amide bonds. The maximum absolute atomic E-state index is 12.6. The number of methoxy groups -OCH3 is 1. The van der Waals surface area contributed by atoms with Crippen molar-refractivity contribution in [2.75, 3.05) is 32.1 Å². The topological polar surface area (TPSA) is 99.8 Å². The molecule has 1 aliphatic heterocycles. The van der Waals surface area contributed by atoms with Crippen LogP contribution >= 0.6 is 0 Å². The highest BCUT2D eigenvalue weighted by molar-refractivity contribution is 5.89. The molecule has 3 N–H and O–H groups in total. The van der Waals surface area contributed by atoms with Crippen molar-refractivity contribution in [2.24, 2.45) is 0 Å². The molecular formula is C24H30N4O4. The van der Waals surface area contributed by atoms with Gasteiger partial charge in [0.15, 0.2) is 0 Å². The summed E-state index contributed by atoms with van der Waals surface area (Å²) in [6, 6.07) is 16.3.